The Morgan fingerprint density at radius 2 is 1.80 bits per heavy atom. The average Bonchev–Trinajstić information content (AvgIpc) is 2.45. The summed E-state index contributed by atoms with van der Waals surface area (Å²) in [6.07, 6.45) is 0. The molecule has 2 rings (SSSR count). The number of nitrogens with zero attached hydrogens (tertiary/aromatic N) is 1. The highest BCUT2D eigenvalue weighted by Crippen LogP contribution is 2.20. The number of ether oxygens (including phenoxy) is 1. The standard InChI is InChI=1S/C14H10ClNO4/c15-12-7-3-2-6-11(12)14(17)20-9-10-5-1-4-8-13(10)16(18)19/h1-8H,9H2. The number of halogens is 1. The Morgan fingerprint density at radius 1 is 1.15 bits per heavy atom. The van der Waals surface area contributed by atoms with E-state index in [4.69, 9.17) is 16.3 Å². The Bertz CT molecular complexity index is 657. The van der Waals surface area contributed by atoms with Crippen LogP contribution in [0.1, 0.15) is 15.9 Å². The van der Waals surface area contributed by atoms with E-state index in [1.54, 1.807) is 30.3 Å². The summed E-state index contributed by atoms with van der Waals surface area (Å²) in [5, 5.41) is 11.1. The number of carbonyl (C=O) groups is 1. The fourth-order valence-electron chi connectivity index (χ4n) is 1.66. The first-order chi connectivity index (χ1) is 9.59. The highest BCUT2D eigenvalue weighted by molar-refractivity contribution is 6.33. The molecule has 0 spiro atoms. The van der Waals surface area contributed by atoms with Crippen molar-refractivity contribution in [1.82, 2.24) is 0 Å². The summed E-state index contributed by atoms with van der Waals surface area (Å²) in [6.45, 7) is -0.179. The maximum Gasteiger partial charge on any atom is 0.339 e. The van der Waals surface area contributed by atoms with Crippen LogP contribution in [-0.2, 0) is 11.3 Å². The van der Waals surface area contributed by atoms with Gasteiger partial charge in [-0.15, -0.1) is 0 Å². The van der Waals surface area contributed by atoms with Gasteiger partial charge in [0.2, 0.25) is 0 Å². The van der Waals surface area contributed by atoms with Crippen molar-refractivity contribution in [1.29, 1.82) is 0 Å². The minimum Gasteiger partial charge on any atom is -0.457 e. The highest BCUT2D eigenvalue weighted by atomic mass is 35.5. The lowest BCUT2D eigenvalue weighted by Crippen LogP contribution is -2.07. The predicted octanol–water partition coefficient (Wildman–Crippen LogP) is 3.61. The van der Waals surface area contributed by atoms with Gasteiger partial charge in [0.05, 0.1) is 21.1 Å². The van der Waals surface area contributed by atoms with E-state index >= 15 is 0 Å². The van der Waals surface area contributed by atoms with Gasteiger partial charge in [-0.25, -0.2) is 4.79 Å². The lowest BCUT2D eigenvalue weighted by Gasteiger charge is -2.06. The number of hydrogen-bond donors (Lipinski definition) is 0. The third kappa shape index (κ3) is 3.13. The van der Waals surface area contributed by atoms with Crippen LogP contribution in [0.3, 0.4) is 0 Å². The second-order valence-electron chi connectivity index (χ2n) is 3.94. The lowest BCUT2D eigenvalue weighted by atomic mass is 10.2. The number of para-hydroxylation sites is 1. The SMILES string of the molecule is O=C(OCc1ccccc1[N+](=O)[O-])c1ccccc1Cl. The van der Waals surface area contributed by atoms with Crippen molar-refractivity contribution in [3.8, 4) is 0 Å². The molecule has 0 heterocycles. The van der Waals surface area contributed by atoms with E-state index in [0.29, 0.717) is 5.56 Å². The normalized spacial score (nSPS) is 10.1. The summed E-state index contributed by atoms with van der Waals surface area (Å²) in [5.41, 5.74) is 0.477. The molecule has 2 aromatic carbocycles. The van der Waals surface area contributed by atoms with Gasteiger partial charge in [-0.1, -0.05) is 35.9 Å². The summed E-state index contributed by atoms with van der Waals surface area (Å²) in [7, 11) is 0. The Balaban J connectivity index is 2.12. The zero-order valence-corrected chi connectivity index (χ0v) is 11.0. The van der Waals surface area contributed by atoms with Gasteiger partial charge < -0.3 is 4.74 Å². The van der Waals surface area contributed by atoms with Gasteiger partial charge in [0.15, 0.2) is 0 Å². The summed E-state index contributed by atoms with van der Waals surface area (Å²) >= 11 is 5.87. The van der Waals surface area contributed by atoms with E-state index in [0.717, 1.165) is 0 Å². The molecule has 6 heteroatoms. The van der Waals surface area contributed by atoms with Crippen molar-refractivity contribution in [2.75, 3.05) is 0 Å². The molecule has 0 atom stereocenters. The molecule has 0 aliphatic rings. The molecular formula is C14H10ClNO4. The van der Waals surface area contributed by atoms with Crippen LogP contribution in [0.2, 0.25) is 5.02 Å². The minimum absolute atomic E-state index is 0.0838. The van der Waals surface area contributed by atoms with Crippen molar-refractivity contribution >= 4 is 23.3 Å². The molecule has 0 saturated carbocycles. The second kappa shape index (κ2) is 6.16. The van der Waals surface area contributed by atoms with Gasteiger partial charge in [0.1, 0.15) is 6.61 Å². The first-order valence-corrected chi connectivity index (χ1v) is 6.11. The number of rotatable bonds is 4. The van der Waals surface area contributed by atoms with Crippen molar-refractivity contribution < 1.29 is 14.5 Å². The number of hydrogen-bond acceptors (Lipinski definition) is 4. The van der Waals surface area contributed by atoms with Crippen molar-refractivity contribution in [2.24, 2.45) is 0 Å². The third-order valence-corrected chi connectivity index (χ3v) is 2.97. The molecular weight excluding hydrogens is 282 g/mol. The molecule has 0 fully saturated rings. The molecule has 5 nitrogen and oxygen atoms in total. The molecule has 20 heavy (non-hydrogen) atoms. The van der Waals surface area contributed by atoms with E-state index in [2.05, 4.69) is 0 Å². The molecule has 0 aromatic heterocycles. The maximum atomic E-state index is 11.8. The van der Waals surface area contributed by atoms with Crippen LogP contribution in [0.4, 0.5) is 5.69 Å². The summed E-state index contributed by atoms with van der Waals surface area (Å²) in [4.78, 5) is 22.2. The molecule has 0 unspecified atom stereocenters. The van der Waals surface area contributed by atoms with Crippen LogP contribution >= 0.6 is 11.6 Å². The Morgan fingerprint density at radius 3 is 2.50 bits per heavy atom. The predicted molar refractivity (Wildman–Crippen MR) is 73.7 cm³/mol. The first kappa shape index (κ1) is 14.0. The molecule has 0 bridgehead atoms. The van der Waals surface area contributed by atoms with E-state index in [9.17, 15) is 14.9 Å². The molecule has 2 aromatic rings. The van der Waals surface area contributed by atoms with Crippen LogP contribution in [0.25, 0.3) is 0 Å². The van der Waals surface area contributed by atoms with Gasteiger partial charge in [-0.3, -0.25) is 10.1 Å². The van der Waals surface area contributed by atoms with Crippen LogP contribution in [-0.4, -0.2) is 10.9 Å². The molecule has 0 aliphatic carbocycles. The molecule has 0 saturated heterocycles. The lowest BCUT2D eigenvalue weighted by molar-refractivity contribution is -0.385. The molecule has 0 N–H and O–H groups in total. The number of esters is 1. The van der Waals surface area contributed by atoms with Crippen molar-refractivity contribution in [3.63, 3.8) is 0 Å². The molecule has 102 valence electrons. The van der Waals surface area contributed by atoms with Gasteiger partial charge in [0.25, 0.3) is 5.69 Å². The summed E-state index contributed by atoms with van der Waals surface area (Å²) in [5.74, 6) is -0.617. The van der Waals surface area contributed by atoms with Crippen LogP contribution in [0.5, 0.6) is 0 Å². The van der Waals surface area contributed by atoms with Gasteiger partial charge in [-0.2, -0.15) is 0 Å². The maximum absolute atomic E-state index is 11.8. The average molecular weight is 292 g/mol. The van der Waals surface area contributed by atoms with Crippen molar-refractivity contribution in [3.05, 3.63) is 74.8 Å². The van der Waals surface area contributed by atoms with Gasteiger partial charge in [-0.05, 0) is 18.2 Å². The number of nitro benzene ring substituents is 1. The first-order valence-electron chi connectivity index (χ1n) is 5.73. The Kier molecular flexibility index (Phi) is 4.32. The quantitative estimate of drug-likeness (QED) is 0.490. The summed E-state index contributed by atoms with van der Waals surface area (Å²) in [6, 6.07) is 12.6. The number of carbonyl (C=O) groups excluding carboxylic acids is 1. The second-order valence-corrected chi connectivity index (χ2v) is 4.35. The fourth-order valence-corrected chi connectivity index (χ4v) is 1.87. The monoisotopic (exact) mass is 291 g/mol. The molecule has 0 aliphatic heterocycles. The summed E-state index contributed by atoms with van der Waals surface area (Å²) < 4.78 is 5.06. The Hall–Kier alpha value is -2.40. The largest absolute Gasteiger partial charge is 0.457 e. The highest BCUT2D eigenvalue weighted by Gasteiger charge is 2.16. The fraction of sp³-hybridized carbons (Fsp3) is 0.0714. The van der Waals surface area contributed by atoms with Crippen LogP contribution in [0.15, 0.2) is 48.5 Å². The zero-order chi connectivity index (χ0) is 14.5. The Labute approximate surface area is 119 Å². The smallest absolute Gasteiger partial charge is 0.339 e. The van der Waals surface area contributed by atoms with Gasteiger partial charge >= 0.3 is 5.97 Å². The topological polar surface area (TPSA) is 69.4 Å². The third-order valence-electron chi connectivity index (χ3n) is 2.64. The van der Waals surface area contributed by atoms with E-state index in [1.807, 2.05) is 0 Å². The number of benzene rings is 2. The van der Waals surface area contributed by atoms with Crippen LogP contribution < -0.4 is 0 Å². The van der Waals surface area contributed by atoms with E-state index < -0.39 is 10.9 Å². The van der Waals surface area contributed by atoms with E-state index in [-0.39, 0.29) is 22.9 Å². The zero-order valence-electron chi connectivity index (χ0n) is 10.3. The minimum atomic E-state index is -0.617. The van der Waals surface area contributed by atoms with Gasteiger partial charge in [0, 0.05) is 6.07 Å². The van der Waals surface area contributed by atoms with Crippen LogP contribution in [0, 0.1) is 10.1 Å². The van der Waals surface area contributed by atoms with Crippen molar-refractivity contribution in [2.45, 2.75) is 6.61 Å². The molecule has 0 amide bonds. The number of nitro groups is 1. The molecule has 0 radical (unpaired) electrons. The van der Waals surface area contributed by atoms with E-state index in [1.165, 1.54) is 18.2 Å².